The largest absolute Gasteiger partial charge is 0.370 e. The lowest BCUT2D eigenvalue weighted by molar-refractivity contribution is 0.0951. The van der Waals surface area contributed by atoms with E-state index in [-0.39, 0.29) is 5.91 Å². The van der Waals surface area contributed by atoms with E-state index in [0.29, 0.717) is 12.1 Å². The Morgan fingerprint density at radius 1 is 1.33 bits per heavy atom. The molecule has 0 spiro atoms. The predicted molar refractivity (Wildman–Crippen MR) is 91.0 cm³/mol. The third-order valence-corrected chi connectivity index (χ3v) is 4.60. The summed E-state index contributed by atoms with van der Waals surface area (Å²) in [5.41, 5.74) is 1.56. The fourth-order valence-electron chi connectivity index (χ4n) is 1.89. The summed E-state index contributed by atoms with van der Waals surface area (Å²) in [7, 11) is 0. The normalized spacial score (nSPS) is 10.4. The van der Waals surface area contributed by atoms with Crippen LogP contribution < -0.4 is 10.6 Å². The van der Waals surface area contributed by atoms with Gasteiger partial charge in [-0.25, -0.2) is 4.98 Å². The van der Waals surface area contributed by atoms with Gasteiger partial charge < -0.3 is 10.6 Å². The van der Waals surface area contributed by atoms with Crippen LogP contribution in [0.4, 0.5) is 5.82 Å². The highest BCUT2D eigenvalue weighted by Crippen LogP contribution is 2.19. The second kappa shape index (κ2) is 7.56. The van der Waals surface area contributed by atoms with E-state index in [1.165, 1.54) is 0 Å². The van der Waals surface area contributed by atoms with E-state index in [2.05, 4.69) is 31.5 Å². The van der Waals surface area contributed by atoms with Crippen molar-refractivity contribution in [3.63, 3.8) is 0 Å². The van der Waals surface area contributed by atoms with Gasteiger partial charge in [0.2, 0.25) is 0 Å². The van der Waals surface area contributed by atoms with Crippen LogP contribution in [0.5, 0.6) is 0 Å². The average Bonchev–Trinajstić information content (AvgIpc) is 2.90. The minimum atomic E-state index is -0.0734. The molecule has 0 bridgehead atoms. The fourth-order valence-corrected chi connectivity index (χ4v) is 3.28. The third kappa shape index (κ3) is 4.54. The minimum absolute atomic E-state index is 0.0734. The SMILES string of the molecule is CCNc1cc(C(=O)NCc2cc(Br)cs2)cc(CC)n1. The van der Waals surface area contributed by atoms with E-state index in [9.17, 15) is 4.79 Å². The van der Waals surface area contributed by atoms with E-state index >= 15 is 0 Å². The fraction of sp³-hybridized carbons (Fsp3) is 0.333. The maximum absolute atomic E-state index is 12.3. The van der Waals surface area contributed by atoms with Gasteiger partial charge in [0.1, 0.15) is 5.82 Å². The molecule has 0 radical (unpaired) electrons. The summed E-state index contributed by atoms with van der Waals surface area (Å²) in [6.45, 7) is 5.36. The molecule has 0 aliphatic heterocycles. The Kier molecular flexibility index (Phi) is 5.76. The topological polar surface area (TPSA) is 54.0 Å². The van der Waals surface area contributed by atoms with Crippen molar-refractivity contribution >= 4 is 39.0 Å². The van der Waals surface area contributed by atoms with Gasteiger partial charge in [-0.05, 0) is 47.5 Å². The van der Waals surface area contributed by atoms with Crippen molar-refractivity contribution in [2.75, 3.05) is 11.9 Å². The molecule has 2 aromatic heterocycles. The van der Waals surface area contributed by atoms with Gasteiger partial charge in [0.15, 0.2) is 0 Å². The highest BCUT2D eigenvalue weighted by atomic mass is 79.9. The molecule has 0 aromatic carbocycles. The zero-order valence-electron chi connectivity index (χ0n) is 12.1. The standard InChI is InChI=1S/C15H18BrN3OS/c1-3-12-5-10(6-14(19-12)17-4-2)15(20)18-8-13-7-11(16)9-21-13/h5-7,9H,3-4,8H2,1-2H3,(H,17,19)(H,18,20). The Hall–Kier alpha value is -1.40. The lowest BCUT2D eigenvalue weighted by atomic mass is 10.2. The molecule has 0 saturated carbocycles. The van der Waals surface area contributed by atoms with Crippen LogP contribution >= 0.6 is 27.3 Å². The number of nitrogens with zero attached hydrogens (tertiary/aromatic N) is 1. The molecule has 0 unspecified atom stereocenters. The Morgan fingerprint density at radius 2 is 2.14 bits per heavy atom. The predicted octanol–water partition coefficient (Wildman–Crippen LogP) is 3.83. The monoisotopic (exact) mass is 367 g/mol. The molecule has 0 aliphatic rings. The maximum atomic E-state index is 12.3. The first kappa shape index (κ1) is 16.0. The molecular weight excluding hydrogens is 350 g/mol. The van der Waals surface area contributed by atoms with Gasteiger partial charge in [-0.15, -0.1) is 11.3 Å². The molecule has 2 aromatic rings. The lowest BCUT2D eigenvalue weighted by Crippen LogP contribution is -2.23. The molecule has 21 heavy (non-hydrogen) atoms. The minimum Gasteiger partial charge on any atom is -0.370 e. The molecule has 1 amide bonds. The number of pyridine rings is 1. The maximum Gasteiger partial charge on any atom is 0.251 e. The van der Waals surface area contributed by atoms with Crippen LogP contribution in [0.15, 0.2) is 28.1 Å². The summed E-state index contributed by atoms with van der Waals surface area (Å²) >= 11 is 5.03. The molecule has 2 rings (SSSR count). The van der Waals surface area contributed by atoms with Crippen LogP contribution in [0, 0.1) is 0 Å². The van der Waals surface area contributed by atoms with Crippen LogP contribution in [-0.4, -0.2) is 17.4 Å². The summed E-state index contributed by atoms with van der Waals surface area (Å²) in [6.07, 6.45) is 0.803. The van der Waals surface area contributed by atoms with Gasteiger partial charge in [-0.3, -0.25) is 4.79 Å². The van der Waals surface area contributed by atoms with Crippen LogP contribution in [0.1, 0.15) is 34.8 Å². The summed E-state index contributed by atoms with van der Waals surface area (Å²) in [5, 5.41) is 8.11. The molecule has 0 saturated heterocycles. The van der Waals surface area contributed by atoms with Crippen LogP contribution in [0.2, 0.25) is 0 Å². The van der Waals surface area contributed by atoms with Gasteiger partial charge in [-0.2, -0.15) is 0 Å². The van der Waals surface area contributed by atoms with Crippen molar-refractivity contribution in [2.24, 2.45) is 0 Å². The molecule has 2 N–H and O–H groups in total. The third-order valence-electron chi connectivity index (χ3n) is 2.91. The summed E-state index contributed by atoms with van der Waals surface area (Å²) in [4.78, 5) is 17.8. The Labute approximate surface area is 137 Å². The molecular formula is C15H18BrN3OS. The number of halogens is 1. The van der Waals surface area contributed by atoms with Gasteiger partial charge in [0.05, 0.1) is 6.54 Å². The van der Waals surface area contributed by atoms with Gasteiger partial charge in [0, 0.05) is 32.5 Å². The molecule has 4 nitrogen and oxygen atoms in total. The molecule has 0 atom stereocenters. The summed E-state index contributed by atoms with van der Waals surface area (Å²) < 4.78 is 1.04. The molecule has 2 heterocycles. The van der Waals surface area contributed by atoms with Crippen molar-refractivity contribution in [3.8, 4) is 0 Å². The van der Waals surface area contributed by atoms with Crippen LogP contribution in [0.25, 0.3) is 0 Å². The Bertz CT molecular complexity index is 627. The second-order valence-electron chi connectivity index (χ2n) is 4.53. The molecule has 112 valence electrons. The number of amides is 1. The Balaban J connectivity index is 2.08. The number of rotatable bonds is 6. The van der Waals surface area contributed by atoms with E-state index in [1.807, 2.05) is 31.4 Å². The molecule has 0 aliphatic carbocycles. The smallest absolute Gasteiger partial charge is 0.251 e. The number of hydrogen-bond donors (Lipinski definition) is 2. The number of carbonyl (C=O) groups is 1. The number of hydrogen-bond acceptors (Lipinski definition) is 4. The lowest BCUT2D eigenvalue weighted by Gasteiger charge is -2.09. The molecule has 6 heteroatoms. The van der Waals surface area contributed by atoms with Gasteiger partial charge in [0.25, 0.3) is 5.91 Å². The van der Waals surface area contributed by atoms with Crippen molar-refractivity contribution in [1.29, 1.82) is 0 Å². The number of thiophene rings is 1. The summed E-state index contributed by atoms with van der Waals surface area (Å²) in [6, 6.07) is 5.65. The Morgan fingerprint density at radius 3 is 2.76 bits per heavy atom. The quantitative estimate of drug-likeness (QED) is 0.815. The first-order valence-corrected chi connectivity index (χ1v) is 8.55. The van der Waals surface area contributed by atoms with Crippen LogP contribution in [0.3, 0.4) is 0 Å². The first-order chi connectivity index (χ1) is 10.1. The van der Waals surface area contributed by atoms with E-state index in [0.717, 1.165) is 33.8 Å². The van der Waals surface area contributed by atoms with E-state index in [4.69, 9.17) is 0 Å². The van der Waals surface area contributed by atoms with Crippen molar-refractivity contribution in [2.45, 2.75) is 26.8 Å². The first-order valence-electron chi connectivity index (χ1n) is 6.88. The zero-order valence-corrected chi connectivity index (χ0v) is 14.5. The van der Waals surface area contributed by atoms with E-state index < -0.39 is 0 Å². The highest BCUT2D eigenvalue weighted by Gasteiger charge is 2.09. The number of nitrogens with one attached hydrogen (secondary N) is 2. The van der Waals surface area contributed by atoms with Crippen molar-refractivity contribution < 1.29 is 4.79 Å². The highest BCUT2D eigenvalue weighted by molar-refractivity contribution is 9.10. The van der Waals surface area contributed by atoms with Crippen molar-refractivity contribution in [1.82, 2.24) is 10.3 Å². The van der Waals surface area contributed by atoms with Crippen molar-refractivity contribution in [3.05, 3.63) is 44.2 Å². The van der Waals surface area contributed by atoms with Gasteiger partial charge in [-0.1, -0.05) is 6.92 Å². The average molecular weight is 368 g/mol. The van der Waals surface area contributed by atoms with E-state index in [1.54, 1.807) is 17.4 Å². The van der Waals surface area contributed by atoms with Gasteiger partial charge >= 0.3 is 0 Å². The molecule has 0 fully saturated rings. The number of aromatic nitrogens is 1. The number of carbonyl (C=O) groups excluding carboxylic acids is 1. The number of anilines is 1. The zero-order chi connectivity index (χ0) is 15.2. The number of aryl methyl sites for hydroxylation is 1. The van der Waals surface area contributed by atoms with Crippen LogP contribution in [-0.2, 0) is 13.0 Å². The second-order valence-corrected chi connectivity index (χ2v) is 6.44. The summed E-state index contributed by atoms with van der Waals surface area (Å²) in [5.74, 6) is 0.677.